The van der Waals surface area contributed by atoms with Crippen LogP contribution in [0.5, 0.6) is 0 Å². The fraction of sp³-hybridized carbons (Fsp3) is 0.622. The highest BCUT2D eigenvalue weighted by atomic mass is 16.6. The van der Waals surface area contributed by atoms with Crippen LogP contribution < -0.4 is 16.0 Å². The van der Waals surface area contributed by atoms with Crippen LogP contribution in [0.4, 0.5) is 4.79 Å². The minimum Gasteiger partial charge on any atom is -0.461 e. The highest BCUT2D eigenvalue weighted by Gasteiger charge is 2.63. The van der Waals surface area contributed by atoms with Gasteiger partial charge in [-0.2, -0.15) is 0 Å². The first-order chi connectivity index (χ1) is 23.8. The van der Waals surface area contributed by atoms with Crippen molar-refractivity contribution in [1.29, 1.82) is 0 Å². The summed E-state index contributed by atoms with van der Waals surface area (Å²) in [5.74, 6) is -2.42. The second kappa shape index (κ2) is 15.6. The molecule has 3 fully saturated rings. The molecule has 5 amide bonds. The Labute approximate surface area is 293 Å². The van der Waals surface area contributed by atoms with E-state index in [1.807, 2.05) is 42.5 Å². The third-order valence-electron chi connectivity index (χ3n) is 9.77. The maximum absolute atomic E-state index is 14.4. The number of fused-ring (bicyclic) bond motifs is 2. The lowest BCUT2D eigenvalue weighted by Gasteiger charge is -2.32. The minimum absolute atomic E-state index is 0.0370. The molecular weight excluding hydrogens is 642 g/mol. The largest absolute Gasteiger partial charge is 0.461 e. The molecule has 1 aromatic carbocycles. The van der Waals surface area contributed by atoms with Crippen LogP contribution in [-0.2, 0) is 40.0 Å². The number of hydrogen-bond acceptors (Lipinski definition) is 8. The van der Waals surface area contributed by atoms with Gasteiger partial charge in [0.2, 0.25) is 23.6 Å². The molecule has 0 radical (unpaired) electrons. The zero-order chi connectivity index (χ0) is 36.1. The Balaban J connectivity index is 1.38. The van der Waals surface area contributed by atoms with E-state index in [0.717, 1.165) is 24.8 Å². The van der Waals surface area contributed by atoms with Crippen LogP contribution in [0.15, 0.2) is 42.5 Å². The number of esters is 1. The van der Waals surface area contributed by atoms with E-state index in [-0.39, 0.29) is 30.7 Å². The number of carbonyl (C=O) groups is 6. The second-order valence-electron chi connectivity index (χ2n) is 14.9. The molecule has 0 bridgehead atoms. The van der Waals surface area contributed by atoms with Crippen molar-refractivity contribution >= 4 is 35.7 Å². The smallest absolute Gasteiger partial charge is 0.408 e. The van der Waals surface area contributed by atoms with Gasteiger partial charge in [0.05, 0.1) is 6.54 Å². The topological polar surface area (TPSA) is 163 Å². The van der Waals surface area contributed by atoms with Gasteiger partial charge in [-0.1, -0.05) is 55.3 Å². The van der Waals surface area contributed by atoms with Gasteiger partial charge in [0.1, 0.15) is 35.4 Å². The van der Waals surface area contributed by atoms with Crippen molar-refractivity contribution in [3.05, 3.63) is 48.0 Å². The van der Waals surface area contributed by atoms with Crippen molar-refractivity contribution < 1.29 is 38.2 Å². The minimum atomic E-state index is -1.28. The van der Waals surface area contributed by atoms with Crippen molar-refractivity contribution in [3.63, 3.8) is 0 Å². The first kappa shape index (κ1) is 36.9. The molecule has 272 valence electrons. The van der Waals surface area contributed by atoms with E-state index in [4.69, 9.17) is 9.47 Å². The van der Waals surface area contributed by atoms with Gasteiger partial charge < -0.3 is 35.2 Å². The number of likely N-dealkylation sites (tertiary alicyclic amines) is 1. The Hall–Kier alpha value is -4.42. The summed E-state index contributed by atoms with van der Waals surface area (Å²) in [6.07, 6.45) is 7.44. The predicted molar refractivity (Wildman–Crippen MR) is 183 cm³/mol. The van der Waals surface area contributed by atoms with Crippen molar-refractivity contribution in [2.24, 2.45) is 5.92 Å². The number of nitrogens with zero attached hydrogens (tertiary/aromatic N) is 2. The molecule has 1 aliphatic carbocycles. The van der Waals surface area contributed by atoms with Crippen molar-refractivity contribution in [1.82, 2.24) is 25.8 Å². The summed E-state index contributed by atoms with van der Waals surface area (Å²) in [5.41, 5.74) is -1.12. The molecule has 0 aromatic heterocycles. The van der Waals surface area contributed by atoms with Crippen LogP contribution >= 0.6 is 0 Å². The molecule has 0 unspecified atom stereocenters. The van der Waals surface area contributed by atoms with Crippen LogP contribution in [-0.4, -0.2) is 94.0 Å². The highest BCUT2D eigenvalue weighted by molar-refractivity contribution is 6.00. The van der Waals surface area contributed by atoms with Crippen LogP contribution in [0.1, 0.15) is 91.0 Å². The number of rotatable bonds is 6. The quantitative estimate of drug-likeness (QED) is 0.302. The lowest BCUT2D eigenvalue weighted by Crippen LogP contribution is -2.59. The SMILES string of the molecule is CC(=O)O[C@@H]1C[C@H]2C(=O)N[C@]3(C(=O)N4CCC[C@@H]4C(=O)NCc4ccccc4)C[C@H]3C=CCCCCC[C@H](NC(=O)OC(C)(C)C)C(=O)N2C1. The molecule has 5 rings (SSSR count). The summed E-state index contributed by atoms with van der Waals surface area (Å²) >= 11 is 0. The van der Waals surface area contributed by atoms with Crippen molar-refractivity contribution in [2.45, 2.75) is 127 Å². The summed E-state index contributed by atoms with van der Waals surface area (Å²) < 4.78 is 10.9. The van der Waals surface area contributed by atoms with Crippen LogP contribution in [0.2, 0.25) is 0 Å². The maximum atomic E-state index is 14.4. The van der Waals surface area contributed by atoms with E-state index in [1.54, 1.807) is 25.7 Å². The zero-order valence-electron chi connectivity index (χ0n) is 29.6. The second-order valence-corrected chi connectivity index (χ2v) is 14.9. The number of amides is 5. The van der Waals surface area contributed by atoms with E-state index < -0.39 is 59.2 Å². The summed E-state index contributed by atoms with van der Waals surface area (Å²) in [4.78, 5) is 83.8. The van der Waals surface area contributed by atoms with Crippen molar-refractivity contribution in [3.8, 4) is 0 Å². The van der Waals surface area contributed by atoms with Crippen molar-refractivity contribution in [2.75, 3.05) is 13.1 Å². The number of hydrogen-bond donors (Lipinski definition) is 3. The summed E-state index contributed by atoms with van der Waals surface area (Å²) in [5, 5.41) is 8.70. The lowest BCUT2D eigenvalue weighted by atomic mass is 10.0. The number of allylic oxidation sites excluding steroid dienone is 1. The van der Waals surface area contributed by atoms with Gasteiger partial charge in [-0.25, -0.2) is 4.79 Å². The van der Waals surface area contributed by atoms with E-state index in [9.17, 15) is 28.8 Å². The number of benzene rings is 1. The zero-order valence-corrected chi connectivity index (χ0v) is 29.6. The van der Waals surface area contributed by atoms with Gasteiger partial charge in [-0.05, 0) is 64.9 Å². The average molecular weight is 694 g/mol. The highest BCUT2D eigenvalue weighted by Crippen LogP contribution is 2.47. The van der Waals surface area contributed by atoms with Gasteiger partial charge in [0.15, 0.2) is 0 Å². The molecule has 1 saturated carbocycles. The van der Waals surface area contributed by atoms with E-state index in [1.165, 1.54) is 11.8 Å². The molecule has 2 saturated heterocycles. The van der Waals surface area contributed by atoms with E-state index in [0.29, 0.717) is 45.2 Å². The van der Waals surface area contributed by atoms with Gasteiger partial charge in [-0.3, -0.25) is 24.0 Å². The van der Waals surface area contributed by atoms with Crippen LogP contribution in [0.25, 0.3) is 0 Å². The normalized spacial score (nSPS) is 28.7. The van der Waals surface area contributed by atoms with Gasteiger partial charge in [0.25, 0.3) is 0 Å². The Morgan fingerprint density at radius 3 is 2.50 bits per heavy atom. The first-order valence-corrected chi connectivity index (χ1v) is 17.9. The molecule has 13 heteroatoms. The lowest BCUT2D eigenvalue weighted by molar-refractivity contribution is -0.147. The van der Waals surface area contributed by atoms with Crippen LogP contribution in [0.3, 0.4) is 0 Å². The predicted octanol–water partition coefficient (Wildman–Crippen LogP) is 3.11. The summed E-state index contributed by atoms with van der Waals surface area (Å²) in [6, 6.07) is 6.84. The molecule has 6 atom stereocenters. The Bertz CT molecular complexity index is 1480. The van der Waals surface area contributed by atoms with E-state index >= 15 is 0 Å². The Morgan fingerprint density at radius 1 is 1.02 bits per heavy atom. The fourth-order valence-corrected chi connectivity index (χ4v) is 7.27. The molecule has 1 aromatic rings. The van der Waals surface area contributed by atoms with Gasteiger partial charge in [0, 0.05) is 32.4 Å². The fourth-order valence-electron chi connectivity index (χ4n) is 7.27. The molecule has 4 aliphatic rings. The Kier molecular flexibility index (Phi) is 11.5. The monoisotopic (exact) mass is 693 g/mol. The summed E-state index contributed by atoms with van der Waals surface area (Å²) in [6.45, 7) is 7.14. The number of nitrogens with one attached hydrogen (secondary N) is 3. The van der Waals surface area contributed by atoms with Crippen LogP contribution in [0, 0.1) is 5.92 Å². The number of carbonyl (C=O) groups excluding carboxylic acids is 6. The standard InChI is InChI=1S/C37H51N5O8/c1-24(43)49-27-20-30-32(45)40-37(34(47)41-19-13-18-29(41)31(44)38-22-25-14-9-8-10-15-25)21-26(37)16-11-6-5-7-12-17-28(33(46)42(30)23-27)39-35(48)50-36(2,3)4/h8-11,14-16,26-30H,5-7,12-13,17-23H2,1-4H3,(H,38,44)(H,39,48)(H,40,45)/t26-,27-,28+,29-,30+,37-/m1/s1. The molecule has 3 N–H and O–H groups in total. The Morgan fingerprint density at radius 2 is 1.78 bits per heavy atom. The molecule has 3 aliphatic heterocycles. The molecular formula is C37H51N5O8. The van der Waals surface area contributed by atoms with E-state index in [2.05, 4.69) is 16.0 Å². The molecule has 0 spiro atoms. The average Bonchev–Trinajstić information content (AvgIpc) is 3.35. The summed E-state index contributed by atoms with van der Waals surface area (Å²) in [7, 11) is 0. The third-order valence-corrected chi connectivity index (χ3v) is 9.77. The van der Waals surface area contributed by atoms with Gasteiger partial charge >= 0.3 is 12.1 Å². The maximum Gasteiger partial charge on any atom is 0.408 e. The molecule has 13 nitrogen and oxygen atoms in total. The number of ether oxygens (including phenoxy) is 2. The molecule has 50 heavy (non-hydrogen) atoms. The number of alkyl carbamates (subject to hydrolysis) is 1. The van der Waals surface area contributed by atoms with Gasteiger partial charge in [-0.15, -0.1) is 0 Å². The first-order valence-electron chi connectivity index (χ1n) is 17.9. The third kappa shape index (κ3) is 9.02. The molecule has 3 heterocycles.